The Hall–Kier alpha value is -2.18. The summed E-state index contributed by atoms with van der Waals surface area (Å²) in [5.74, 6) is -1.12. The summed E-state index contributed by atoms with van der Waals surface area (Å²) in [6.45, 7) is 3.66. The number of nitrogens with one attached hydrogen (secondary N) is 1. The fourth-order valence-electron chi connectivity index (χ4n) is 2.41. The van der Waals surface area contributed by atoms with Gasteiger partial charge in [-0.15, -0.1) is 11.3 Å². The molecule has 1 unspecified atom stereocenters. The molecule has 5 nitrogen and oxygen atoms in total. The van der Waals surface area contributed by atoms with Crippen molar-refractivity contribution >= 4 is 23.2 Å². The van der Waals surface area contributed by atoms with Crippen LogP contribution < -0.4 is 5.32 Å². The summed E-state index contributed by atoms with van der Waals surface area (Å²) >= 11 is 1.58. The van der Waals surface area contributed by atoms with Crippen LogP contribution in [0.25, 0.3) is 0 Å². The van der Waals surface area contributed by atoms with E-state index in [4.69, 9.17) is 5.11 Å². The summed E-state index contributed by atoms with van der Waals surface area (Å²) in [7, 11) is 0. The van der Waals surface area contributed by atoms with Crippen LogP contribution in [-0.2, 0) is 9.59 Å². The number of carbonyl (C=O) groups is 2. The van der Waals surface area contributed by atoms with Crippen molar-refractivity contribution in [3.8, 4) is 0 Å². The molecule has 1 aromatic carbocycles. The van der Waals surface area contributed by atoms with Crippen molar-refractivity contribution in [2.45, 2.75) is 25.9 Å². The van der Waals surface area contributed by atoms with Gasteiger partial charge in [0, 0.05) is 10.9 Å². The number of thiophene rings is 1. The first-order valence-electron chi connectivity index (χ1n) is 7.81. The van der Waals surface area contributed by atoms with Gasteiger partial charge in [-0.3, -0.25) is 14.5 Å². The monoisotopic (exact) mass is 346 g/mol. The van der Waals surface area contributed by atoms with Crippen LogP contribution in [0.3, 0.4) is 0 Å². The maximum Gasteiger partial charge on any atom is 0.317 e. The van der Waals surface area contributed by atoms with Gasteiger partial charge in [-0.25, -0.2) is 0 Å². The third kappa shape index (κ3) is 5.18. The second-order valence-corrected chi connectivity index (χ2v) is 6.80. The molecule has 6 heteroatoms. The van der Waals surface area contributed by atoms with Crippen LogP contribution in [-0.4, -0.2) is 41.0 Å². The molecule has 0 saturated heterocycles. The lowest BCUT2D eigenvalue weighted by molar-refractivity contribution is -0.139. The second kappa shape index (κ2) is 8.61. The van der Waals surface area contributed by atoms with Gasteiger partial charge in [0.25, 0.3) is 0 Å². The van der Waals surface area contributed by atoms with E-state index < -0.39 is 5.97 Å². The van der Waals surface area contributed by atoms with Crippen molar-refractivity contribution in [2.24, 2.45) is 0 Å². The standard InChI is InChI=1S/C18H22N2O3S/c1-13(2)20(12-17(22)23)11-16(21)19-18(15-9-6-10-24-15)14-7-4-3-5-8-14/h3-10,13,18H,11-12H2,1-2H3,(H,19,21)(H,22,23). The number of benzene rings is 1. The van der Waals surface area contributed by atoms with E-state index >= 15 is 0 Å². The zero-order valence-corrected chi connectivity index (χ0v) is 14.6. The summed E-state index contributed by atoms with van der Waals surface area (Å²) in [4.78, 5) is 26.1. The van der Waals surface area contributed by atoms with Gasteiger partial charge in [0.05, 0.1) is 19.1 Å². The molecule has 0 spiro atoms. The van der Waals surface area contributed by atoms with E-state index in [-0.39, 0.29) is 31.1 Å². The molecule has 1 amide bonds. The first kappa shape index (κ1) is 18.2. The summed E-state index contributed by atoms with van der Waals surface area (Å²) in [6, 6.07) is 13.4. The minimum atomic E-state index is -0.936. The Balaban J connectivity index is 2.12. The lowest BCUT2D eigenvalue weighted by atomic mass is 10.1. The fraction of sp³-hybridized carbons (Fsp3) is 0.333. The molecule has 1 aromatic heterocycles. The predicted octanol–water partition coefficient (Wildman–Crippen LogP) is 2.75. The fourth-order valence-corrected chi connectivity index (χ4v) is 3.21. The van der Waals surface area contributed by atoms with Gasteiger partial charge < -0.3 is 10.4 Å². The van der Waals surface area contributed by atoms with Gasteiger partial charge in [0.2, 0.25) is 5.91 Å². The molecule has 0 fully saturated rings. The van der Waals surface area contributed by atoms with Gasteiger partial charge >= 0.3 is 5.97 Å². The van der Waals surface area contributed by atoms with Crippen molar-refractivity contribution < 1.29 is 14.7 Å². The maximum absolute atomic E-state index is 12.5. The molecular weight excluding hydrogens is 324 g/mol. The highest BCUT2D eigenvalue weighted by Gasteiger charge is 2.21. The average Bonchev–Trinajstić information content (AvgIpc) is 3.06. The largest absolute Gasteiger partial charge is 0.480 e. The summed E-state index contributed by atoms with van der Waals surface area (Å²) in [5, 5.41) is 14.0. The minimum absolute atomic E-state index is 0.0243. The summed E-state index contributed by atoms with van der Waals surface area (Å²) in [5.41, 5.74) is 1.00. The van der Waals surface area contributed by atoms with Gasteiger partial charge in [0.15, 0.2) is 0 Å². The highest BCUT2D eigenvalue weighted by molar-refractivity contribution is 7.10. The Morgan fingerprint density at radius 2 is 1.83 bits per heavy atom. The lowest BCUT2D eigenvalue weighted by Gasteiger charge is -2.25. The highest BCUT2D eigenvalue weighted by atomic mass is 32.1. The first-order valence-corrected chi connectivity index (χ1v) is 8.69. The predicted molar refractivity (Wildman–Crippen MR) is 95.1 cm³/mol. The minimum Gasteiger partial charge on any atom is -0.480 e. The molecule has 24 heavy (non-hydrogen) atoms. The van der Waals surface area contributed by atoms with Crippen LogP contribution in [0.2, 0.25) is 0 Å². The molecule has 2 rings (SSSR count). The van der Waals surface area contributed by atoms with E-state index in [1.807, 2.05) is 61.7 Å². The van der Waals surface area contributed by atoms with E-state index in [0.29, 0.717) is 0 Å². The lowest BCUT2D eigenvalue weighted by Crippen LogP contribution is -2.44. The number of nitrogens with zero attached hydrogens (tertiary/aromatic N) is 1. The molecule has 2 aromatic rings. The number of carboxylic acids is 1. The number of hydrogen-bond donors (Lipinski definition) is 2. The van der Waals surface area contributed by atoms with Crippen LogP contribution >= 0.6 is 11.3 Å². The molecule has 0 aliphatic carbocycles. The Bertz CT molecular complexity index is 656. The zero-order chi connectivity index (χ0) is 17.5. The van der Waals surface area contributed by atoms with Crippen molar-refractivity contribution in [3.05, 3.63) is 58.3 Å². The quantitative estimate of drug-likeness (QED) is 0.771. The molecule has 1 atom stereocenters. The van der Waals surface area contributed by atoms with Gasteiger partial charge in [-0.05, 0) is 30.9 Å². The number of amides is 1. The topological polar surface area (TPSA) is 69.6 Å². The molecule has 128 valence electrons. The maximum atomic E-state index is 12.5. The van der Waals surface area contributed by atoms with E-state index in [1.54, 1.807) is 16.2 Å². The molecule has 2 N–H and O–H groups in total. The van der Waals surface area contributed by atoms with Crippen molar-refractivity contribution in [1.82, 2.24) is 10.2 Å². The third-order valence-electron chi connectivity index (χ3n) is 3.68. The van der Waals surface area contributed by atoms with Crippen molar-refractivity contribution in [2.75, 3.05) is 13.1 Å². The molecule has 0 radical (unpaired) electrons. The van der Waals surface area contributed by atoms with Crippen LogP contribution in [0.1, 0.15) is 30.3 Å². The number of carboxylic acid groups (broad SMARTS) is 1. The SMILES string of the molecule is CC(C)N(CC(=O)O)CC(=O)NC(c1ccccc1)c1cccs1. The van der Waals surface area contributed by atoms with Crippen molar-refractivity contribution in [3.63, 3.8) is 0 Å². The summed E-state index contributed by atoms with van der Waals surface area (Å²) < 4.78 is 0. The number of hydrogen-bond acceptors (Lipinski definition) is 4. The number of rotatable bonds is 8. The zero-order valence-electron chi connectivity index (χ0n) is 13.8. The molecule has 0 aliphatic rings. The molecular formula is C18H22N2O3S. The molecule has 1 heterocycles. The van der Waals surface area contributed by atoms with Gasteiger partial charge in [-0.2, -0.15) is 0 Å². The van der Waals surface area contributed by atoms with E-state index in [9.17, 15) is 9.59 Å². The second-order valence-electron chi connectivity index (χ2n) is 5.82. The van der Waals surface area contributed by atoms with Gasteiger partial charge in [0.1, 0.15) is 0 Å². The normalized spacial score (nSPS) is 12.3. The summed E-state index contributed by atoms with van der Waals surface area (Å²) in [6.07, 6.45) is 0. The smallest absolute Gasteiger partial charge is 0.317 e. The first-order chi connectivity index (χ1) is 11.5. The van der Waals surface area contributed by atoms with Crippen LogP contribution in [0.4, 0.5) is 0 Å². The average molecular weight is 346 g/mol. The third-order valence-corrected chi connectivity index (χ3v) is 4.62. The number of carbonyl (C=O) groups excluding carboxylic acids is 1. The molecule has 0 aliphatic heterocycles. The Labute approximate surface area is 145 Å². The van der Waals surface area contributed by atoms with Crippen LogP contribution in [0.5, 0.6) is 0 Å². The van der Waals surface area contributed by atoms with E-state index in [1.165, 1.54) is 0 Å². The molecule has 0 saturated carbocycles. The van der Waals surface area contributed by atoms with Crippen LogP contribution in [0, 0.1) is 0 Å². The highest BCUT2D eigenvalue weighted by Crippen LogP contribution is 2.25. The van der Waals surface area contributed by atoms with Gasteiger partial charge in [-0.1, -0.05) is 36.4 Å². The Kier molecular flexibility index (Phi) is 6.52. The number of aliphatic carboxylic acids is 1. The Morgan fingerprint density at radius 1 is 1.12 bits per heavy atom. The van der Waals surface area contributed by atoms with E-state index in [0.717, 1.165) is 10.4 Å². The Morgan fingerprint density at radius 3 is 2.38 bits per heavy atom. The van der Waals surface area contributed by atoms with Crippen molar-refractivity contribution in [1.29, 1.82) is 0 Å². The van der Waals surface area contributed by atoms with Crippen LogP contribution in [0.15, 0.2) is 47.8 Å². The van der Waals surface area contributed by atoms with E-state index in [2.05, 4.69) is 5.32 Å². The molecule has 0 bridgehead atoms.